The van der Waals surface area contributed by atoms with E-state index in [0.717, 1.165) is 128 Å². The number of rotatable bonds is 11. The first-order valence-electron chi connectivity index (χ1n) is 27.3. The van der Waals surface area contributed by atoms with E-state index in [1.165, 1.54) is 92.2 Å². The van der Waals surface area contributed by atoms with Crippen LogP contribution in [0.25, 0.3) is 94.6 Å². The van der Waals surface area contributed by atoms with Gasteiger partial charge in [0.2, 0.25) is 0 Å². The number of hydrogen-bond acceptors (Lipinski definition) is 12. The lowest BCUT2D eigenvalue weighted by molar-refractivity contribution is 0.331. The van der Waals surface area contributed by atoms with E-state index in [1.807, 2.05) is 106 Å². The Morgan fingerprint density at radius 1 is 0.506 bits per heavy atom. The standard InChI is InChI=1S/C31H28N8.C28H30N8.C2H6/c1-20(21-8-4-2-5-9-21)35-23-12-22(15-32-16-23)26-14-25-29(18-34-26)37-38-31(25)27-13-24-28(36-27)17-33-19-30(24)39-10-6-3-7-11-39;1-2-8-36(9-3-1)27-17-30-15-25-21(27)11-24(32-25)28-22-12-23(31-16-26(22)33-34-28)20-10-19(13-29-14-20)18-35-6-4-5-7-35;1-2/h2,4-5,8-9,12-19,35-36H,1,3,6-7,10-11H2,(H,37,38);10-17,32H,1-9,18H2,(H,33,34);1-2H3. The third kappa shape index (κ3) is 10.4. The molecule has 0 amide bonds. The molecule has 3 aliphatic heterocycles. The average molecular weight is 1020 g/mol. The molecule has 0 spiro atoms. The Hall–Kier alpha value is -8.76. The molecule has 0 saturated carbocycles. The molecule has 0 unspecified atom stereocenters. The monoisotopic (exact) mass is 1020 g/mol. The SMILES string of the molecule is C=C(Nc1cncc(-c2cc3c(-c4cc5c(N6CCCCC6)cncc5[nH]4)n[nH]c3cn2)c1)c1ccccc1.CC.c1ncc(-c2cc3c(-c4cc5c(N6CCCCC6)cncc5[nH]4)n[nH]c3cn2)cc1CN1CCCC1. The highest BCUT2D eigenvalue weighted by molar-refractivity contribution is 6.01. The number of hydrogen-bond donors (Lipinski definition) is 5. The minimum Gasteiger partial charge on any atom is -0.370 e. The lowest BCUT2D eigenvalue weighted by atomic mass is 10.1. The van der Waals surface area contributed by atoms with Gasteiger partial charge < -0.3 is 25.1 Å². The molecule has 0 bridgehead atoms. The second-order valence-electron chi connectivity index (χ2n) is 20.1. The number of fused-ring (bicyclic) bond motifs is 4. The predicted molar refractivity (Wildman–Crippen MR) is 312 cm³/mol. The summed E-state index contributed by atoms with van der Waals surface area (Å²) in [5.74, 6) is 0. The molecule has 0 atom stereocenters. The molecule has 13 heterocycles. The number of piperidine rings is 2. The molecule has 16 heteroatoms. The number of nitrogens with one attached hydrogen (secondary N) is 5. The Bertz CT molecular complexity index is 3810. The molecule has 0 aliphatic carbocycles. The fourth-order valence-corrected chi connectivity index (χ4v) is 11.1. The normalized spacial score (nSPS) is 14.9. The lowest BCUT2D eigenvalue weighted by Gasteiger charge is -2.28. The molecule has 388 valence electrons. The minimum absolute atomic E-state index is 0.812. The van der Waals surface area contributed by atoms with Gasteiger partial charge >= 0.3 is 0 Å². The zero-order valence-corrected chi connectivity index (χ0v) is 43.9. The third-order valence-corrected chi connectivity index (χ3v) is 15.0. The van der Waals surface area contributed by atoms with Gasteiger partial charge in [-0.25, -0.2) is 0 Å². The van der Waals surface area contributed by atoms with Gasteiger partial charge in [0.05, 0.1) is 105 Å². The summed E-state index contributed by atoms with van der Waals surface area (Å²) in [5, 5.41) is 23.4. The summed E-state index contributed by atoms with van der Waals surface area (Å²) in [7, 11) is 0. The van der Waals surface area contributed by atoms with Crippen molar-refractivity contribution in [3.8, 4) is 45.3 Å². The van der Waals surface area contributed by atoms with Crippen molar-refractivity contribution in [1.29, 1.82) is 0 Å². The molecule has 5 N–H and O–H groups in total. The first-order valence-corrected chi connectivity index (χ1v) is 27.3. The zero-order valence-electron chi connectivity index (χ0n) is 43.9. The summed E-state index contributed by atoms with van der Waals surface area (Å²) in [5.41, 5.74) is 17.5. The first-order chi connectivity index (χ1) is 38.0. The Labute approximate surface area is 447 Å². The Morgan fingerprint density at radius 2 is 1.01 bits per heavy atom. The molecule has 1 aromatic carbocycles. The summed E-state index contributed by atoms with van der Waals surface area (Å²) < 4.78 is 0. The highest BCUT2D eigenvalue weighted by atomic mass is 15.2. The van der Waals surface area contributed by atoms with Gasteiger partial charge in [0.1, 0.15) is 11.4 Å². The summed E-state index contributed by atoms with van der Waals surface area (Å²) >= 11 is 0. The quantitative estimate of drug-likeness (QED) is 0.0826. The molecule has 3 saturated heterocycles. The van der Waals surface area contributed by atoms with Crippen LogP contribution in [-0.4, -0.2) is 104 Å². The molecular weight excluding hydrogens is 957 g/mol. The zero-order chi connectivity index (χ0) is 52.1. The molecule has 77 heavy (non-hydrogen) atoms. The van der Waals surface area contributed by atoms with Crippen molar-refractivity contribution in [2.75, 3.05) is 54.4 Å². The largest absolute Gasteiger partial charge is 0.370 e. The Balaban J connectivity index is 0.000000150. The molecule has 0 radical (unpaired) electrons. The average Bonchev–Trinajstić information content (AvgIpc) is 4.37. The van der Waals surface area contributed by atoms with Crippen molar-refractivity contribution in [2.24, 2.45) is 0 Å². The number of H-pyrrole nitrogens is 4. The van der Waals surface area contributed by atoms with Gasteiger partial charge in [-0.15, -0.1) is 0 Å². The lowest BCUT2D eigenvalue weighted by Crippen LogP contribution is -2.29. The second-order valence-corrected chi connectivity index (χ2v) is 20.1. The van der Waals surface area contributed by atoms with Crippen LogP contribution in [0.15, 0.2) is 135 Å². The van der Waals surface area contributed by atoms with Crippen molar-refractivity contribution in [2.45, 2.75) is 71.8 Å². The van der Waals surface area contributed by atoms with Gasteiger partial charge in [-0.1, -0.05) is 50.8 Å². The molecule has 16 nitrogen and oxygen atoms in total. The van der Waals surface area contributed by atoms with Crippen molar-refractivity contribution < 1.29 is 0 Å². The summed E-state index contributed by atoms with van der Waals surface area (Å²) in [4.78, 5) is 42.0. The van der Waals surface area contributed by atoms with Crippen LogP contribution >= 0.6 is 0 Å². The number of pyridine rings is 6. The summed E-state index contributed by atoms with van der Waals surface area (Å²) in [6.45, 7) is 15.8. The molecule has 10 aromatic heterocycles. The highest BCUT2D eigenvalue weighted by Gasteiger charge is 2.21. The van der Waals surface area contributed by atoms with Crippen LogP contribution in [0.4, 0.5) is 17.1 Å². The number of nitrogens with zero attached hydrogens (tertiary/aromatic N) is 11. The van der Waals surface area contributed by atoms with E-state index < -0.39 is 0 Å². The minimum atomic E-state index is 0.812. The van der Waals surface area contributed by atoms with Crippen LogP contribution in [0.1, 0.15) is 76.3 Å². The van der Waals surface area contributed by atoms with Crippen LogP contribution in [0.5, 0.6) is 0 Å². The number of benzene rings is 1. The topological polar surface area (TPSA) is 188 Å². The van der Waals surface area contributed by atoms with Crippen molar-refractivity contribution in [3.63, 3.8) is 0 Å². The van der Waals surface area contributed by atoms with E-state index in [9.17, 15) is 0 Å². The van der Waals surface area contributed by atoms with Gasteiger partial charge in [0.15, 0.2) is 0 Å². The molecule has 3 fully saturated rings. The molecule has 11 aromatic rings. The number of likely N-dealkylation sites (tertiary alicyclic amines) is 1. The van der Waals surface area contributed by atoms with Gasteiger partial charge in [0.25, 0.3) is 0 Å². The fourth-order valence-electron chi connectivity index (χ4n) is 11.1. The molecule has 14 rings (SSSR count). The van der Waals surface area contributed by atoms with Crippen molar-refractivity contribution >= 4 is 66.4 Å². The van der Waals surface area contributed by atoms with E-state index in [4.69, 9.17) is 9.97 Å². The Kier molecular flexibility index (Phi) is 14.2. The molecular formula is C61H64N16. The van der Waals surface area contributed by atoms with E-state index in [1.54, 1.807) is 6.20 Å². The van der Waals surface area contributed by atoms with E-state index >= 15 is 0 Å². The van der Waals surface area contributed by atoms with E-state index in [2.05, 4.69) is 107 Å². The molecule has 3 aliphatic rings. The van der Waals surface area contributed by atoms with Crippen LogP contribution in [0.3, 0.4) is 0 Å². The van der Waals surface area contributed by atoms with Crippen LogP contribution in [0.2, 0.25) is 0 Å². The number of aromatic amines is 4. The highest BCUT2D eigenvalue weighted by Crippen LogP contribution is 2.37. The summed E-state index contributed by atoms with van der Waals surface area (Å²) in [6, 6.07) is 22.9. The number of anilines is 3. The van der Waals surface area contributed by atoms with Gasteiger partial charge in [0, 0.05) is 89.7 Å². The maximum Gasteiger partial charge on any atom is 0.116 e. The van der Waals surface area contributed by atoms with Crippen LogP contribution < -0.4 is 15.1 Å². The predicted octanol–water partition coefficient (Wildman–Crippen LogP) is 12.8. The van der Waals surface area contributed by atoms with Gasteiger partial charge in [-0.2, -0.15) is 10.2 Å². The van der Waals surface area contributed by atoms with Crippen molar-refractivity contribution in [3.05, 3.63) is 146 Å². The second kappa shape index (κ2) is 22.2. The maximum atomic E-state index is 4.72. The smallest absolute Gasteiger partial charge is 0.116 e. The van der Waals surface area contributed by atoms with E-state index in [0.29, 0.717) is 0 Å². The van der Waals surface area contributed by atoms with E-state index in [-0.39, 0.29) is 0 Å². The first kappa shape index (κ1) is 49.1. The Morgan fingerprint density at radius 3 is 1.57 bits per heavy atom. The summed E-state index contributed by atoms with van der Waals surface area (Å²) in [6.07, 6.45) is 29.1. The van der Waals surface area contributed by atoms with Crippen LogP contribution in [0, 0.1) is 0 Å². The maximum absolute atomic E-state index is 4.72. The van der Waals surface area contributed by atoms with Crippen molar-refractivity contribution in [1.82, 2.24) is 65.2 Å². The number of aromatic nitrogens is 12. The third-order valence-electron chi connectivity index (χ3n) is 15.0. The van der Waals surface area contributed by atoms with Crippen LogP contribution in [-0.2, 0) is 6.54 Å². The fraction of sp³-hybridized carbons (Fsp3) is 0.279. The van der Waals surface area contributed by atoms with Gasteiger partial charge in [-0.3, -0.25) is 45.0 Å². The van der Waals surface area contributed by atoms with Gasteiger partial charge in [-0.05, 0) is 112 Å².